The van der Waals surface area contributed by atoms with Gasteiger partial charge < -0.3 is 10.2 Å². The fraction of sp³-hybridized carbons (Fsp3) is 0.462. The zero-order chi connectivity index (χ0) is 11.7. The van der Waals surface area contributed by atoms with Gasteiger partial charge in [-0.25, -0.2) is 4.98 Å². The molecule has 0 aromatic carbocycles. The van der Waals surface area contributed by atoms with Crippen molar-refractivity contribution in [2.75, 3.05) is 0 Å². The summed E-state index contributed by atoms with van der Waals surface area (Å²) >= 11 is 0. The van der Waals surface area contributed by atoms with Gasteiger partial charge in [-0.1, -0.05) is 13.8 Å². The first-order valence-corrected chi connectivity index (χ1v) is 5.69. The van der Waals surface area contributed by atoms with Crippen LogP contribution in [-0.2, 0) is 0 Å². The minimum Gasteiger partial charge on any atom is -0.458 e. The summed E-state index contributed by atoms with van der Waals surface area (Å²) in [7, 11) is 0. The van der Waals surface area contributed by atoms with Crippen LogP contribution in [0.3, 0.4) is 0 Å². The summed E-state index contributed by atoms with van der Waals surface area (Å²) in [6.45, 7) is 6.29. The van der Waals surface area contributed by atoms with Crippen molar-refractivity contribution in [2.24, 2.45) is 11.7 Å². The van der Waals surface area contributed by atoms with Gasteiger partial charge in [0.2, 0.25) is 0 Å². The van der Waals surface area contributed by atoms with Crippen LogP contribution in [0.4, 0.5) is 0 Å². The van der Waals surface area contributed by atoms with Crippen LogP contribution in [0.5, 0.6) is 0 Å². The maximum Gasteiger partial charge on any atom is 0.152 e. The van der Waals surface area contributed by atoms with E-state index >= 15 is 0 Å². The smallest absolute Gasteiger partial charge is 0.152 e. The molecule has 0 bridgehead atoms. The van der Waals surface area contributed by atoms with Crippen molar-refractivity contribution >= 4 is 11.1 Å². The van der Waals surface area contributed by atoms with Crippen molar-refractivity contribution in [2.45, 2.75) is 33.2 Å². The zero-order valence-electron chi connectivity index (χ0n) is 10.0. The third kappa shape index (κ3) is 2.25. The van der Waals surface area contributed by atoms with Gasteiger partial charge in [0, 0.05) is 11.8 Å². The minimum absolute atomic E-state index is 0.0329. The molecule has 2 heterocycles. The summed E-state index contributed by atoms with van der Waals surface area (Å²) in [5.74, 6) is 1.40. The fourth-order valence-electron chi connectivity index (χ4n) is 1.85. The van der Waals surface area contributed by atoms with Crippen LogP contribution in [0.15, 0.2) is 22.6 Å². The molecule has 0 amide bonds. The third-order valence-corrected chi connectivity index (χ3v) is 2.62. The molecule has 1 atom stereocenters. The van der Waals surface area contributed by atoms with E-state index in [1.165, 1.54) is 0 Å². The SMILES string of the molecule is Cc1ccc2oc([C@@H](N)CC(C)C)cc2n1. The van der Waals surface area contributed by atoms with Crippen molar-refractivity contribution in [3.8, 4) is 0 Å². The number of nitrogens with zero attached hydrogens (tertiary/aromatic N) is 1. The van der Waals surface area contributed by atoms with Crippen LogP contribution < -0.4 is 5.73 Å². The summed E-state index contributed by atoms with van der Waals surface area (Å²) < 4.78 is 5.70. The Kier molecular flexibility index (Phi) is 2.97. The molecular weight excluding hydrogens is 200 g/mol. The summed E-state index contributed by atoms with van der Waals surface area (Å²) in [6.07, 6.45) is 0.929. The number of pyridine rings is 1. The first-order valence-electron chi connectivity index (χ1n) is 5.69. The number of rotatable bonds is 3. The quantitative estimate of drug-likeness (QED) is 0.860. The lowest BCUT2D eigenvalue weighted by atomic mass is 10.0. The van der Waals surface area contributed by atoms with E-state index in [0.717, 1.165) is 29.0 Å². The lowest BCUT2D eigenvalue weighted by Gasteiger charge is -2.10. The molecule has 0 aliphatic carbocycles. The highest BCUT2D eigenvalue weighted by atomic mass is 16.3. The molecule has 0 unspecified atom stereocenters. The number of aryl methyl sites for hydroxylation is 1. The molecule has 0 saturated carbocycles. The third-order valence-electron chi connectivity index (χ3n) is 2.62. The molecule has 2 aromatic rings. The van der Waals surface area contributed by atoms with Gasteiger partial charge in [-0.15, -0.1) is 0 Å². The van der Waals surface area contributed by atoms with Gasteiger partial charge in [0.25, 0.3) is 0 Å². The maximum atomic E-state index is 6.08. The van der Waals surface area contributed by atoms with Crippen LogP contribution in [-0.4, -0.2) is 4.98 Å². The first kappa shape index (κ1) is 11.1. The first-order chi connectivity index (χ1) is 7.56. The number of nitrogens with two attached hydrogens (primary N) is 1. The molecule has 3 nitrogen and oxygen atoms in total. The molecule has 2 aromatic heterocycles. The Morgan fingerprint density at radius 2 is 2.12 bits per heavy atom. The van der Waals surface area contributed by atoms with Gasteiger partial charge in [-0.2, -0.15) is 0 Å². The molecule has 2 N–H and O–H groups in total. The highest BCUT2D eigenvalue weighted by molar-refractivity contribution is 5.73. The predicted octanol–water partition coefficient (Wildman–Crippen LogP) is 3.18. The van der Waals surface area contributed by atoms with Crippen molar-refractivity contribution in [1.82, 2.24) is 4.98 Å². The second-order valence-corrected chi connectivity index (χ2v) is 4.72. The van der Waals surface area contributed by atoms with E-state index in [-0.39, 0.29) is 6.04 Å². The van der Waals surface area contributed by atoms with Crippen LogP contribution in [0, 0.1) is 12.8 Å². The highest BCUT2D eigenvalue weighted by Crippen LogP contribution is 2.25. The van der Waals surface area contributed by atoms with E-state index in [2.05, 4.69) is 18.8 Å². The monoisotopic (exact) mass is 218 g/mol. The van der Waals surface area contributed by atoms with Crippen LogP contribution in [0.1, 0.15) is 37.8 Å². The number of aromatic nitrogens is 1. The fourth-order valence-corrected chi connectivity index (χ4v) is 1.85. The van der Waals surface area contributed by atoms with Crippen molar-refractivity contribution < 1.29 is 4.42 Å². The van der Waals surface area contributed by atoms with Gasteiger partial charge in [-0.3, -0.25) is 0 Å². The Bertz CT molecular complexity index is 488. The maximum absolute atomic E-state index is 6.08. The normalized spacial score (nSPS) is 13.6. The summed E-state index contributed by atoms with van der Waals surface area (Å²) in [5, 5.41) is 0. The number of furan rings is 1. The second-order valence-electron chi connectivity index (χ2n) is 4.72. The summed E-state index contributed by atoms with van der Waals surface area (Å²) in [4.78, 5) is 4.41. The Hall–Kier alpha value is -1.35. The predicted molar refractivity (Wildman–Crippen MR) is 65.1 cm³/mol. The van der Waals surface area contributed by atoms with E-state index in [1.807, 2.05) is 25.1 Å². The van der Waals surface area contributed by atoms with Gasteiger partial charge in [0.1, 0.15) is 11.3 Å². The lowest BCUT2D eigenvalue weighted by Crippen LogP contribution is -2.11. The van der Waals surface area contributed by atoms with E-state index in [4.69, 9.17) is 10.2 Å². The Labute approximate surface area is 95.7 Å². The van der Waals surface area contributed by atoms with Gasteiger partial charge in [0.05, 0.1) is 6.04 Å². The molecule has 0 radical (unpaired) electrons. The van der Waals surface area contributed by atoms with Crippen LogP contribution in [0.2, 0.25) is 0 Å². The molecule has 0 spiro atoms. The average Bonchev–Trinajstić information content (AvgIpc) is 2.59. The summed E-state index contributed by atoms with van der Waals surface area (Å²) in [6, 6.07) is 5.82. The molecule has 86 valence electrons. The van der Waals surface area contributed by atoms with E-state index in [9.17, 15) is 0 Å². The van der Waals surface area contributed by atoms with Gasteiger partial charge >= 0.3 is 0 Å². The van der Waals surface area contributed by atoms with Crippen LogP contribution >= 0.6 is 0 Å². The molecule has 0 fully saturated rings. The Morgan fingerprint density at radius 1 is 1.38 bits per heavy atom. The van der Waals surface area contributed by atoms with Crippen molar-refractivity contribution in [1.29, 1.82) is 0 Å². The molecule has 0 saturated heterocycles. The highest BCUT2D eigenvalue weighted by Gasteiger charge is 2.14. The molecule has 0 aliphatic rings. The molecule has 16 heavy (non-hydrogen) atoms. The topological polar surface area (TPSA) is 52.0 Å². The van der Waals surface area contributed by atoms with Crippen LogP contribution in [0.25, 0.3) is 11.1 Å². The van der Waals surface area contributed by atoms with E-state index in [0.29, 0.717) is 5.92 Å². The minimum atomic E-state index is -0.0329. The number of fused-ring (bicyclic) bond motifs is 1. The Morgan fingerprint density at radius 3 is 2.81 bits per heavy atom. The Balaban J connectivity index is 2.32. The molecular formula is C13H18N2O. The van der Waals surface area contributed by atoms with Crippen molar-refractivity contribution in [3.63, 3.8) is 0 Å². The molecule has 2 rings (SSSR count). The van der Waals surface area contributed by atoms with Gasteiger partial charge in [-0.05, 0) is 31.4 Å². The van der Waals surface area contributed by atoms with E-state index < -0.39 is 0 Å². The largest absolute Gasteiger partial charge is 0.458 e. The van der Waals surface area contributed by atoms with Gasteiger partial charge in [0.15, 0.2) is 5.58 Å². The second kappa shape index (κ2) is 4.26. The standard InChI is InChI=1S/C13H18N2O/c1-8(2)6-10(14)13-7-11-12(16-13)5-4-9(3)15-11/h4-5,7-8,10H,6,14H2,1-3H3/t10-/m0/s1. The number of hydrogen-bond acceptors (Lipinski definition) is 3. The zero-order valence-corrected chi connectivity index (χ0v) is 10.0. The summed E-state index contributed by atoms with van der Waals surface area (Å²) in [5.41, 5.74) is 8.79. The lowest BCUT2D eigenvalue weighted by molar-refractivity contribution is 0.431. The molecule has 3 heteroatoms. The molecule has 0 aliphatic heterocycles. The van der Waals surface area contributed by atoms with E-state index in [1.54, 1.807) is 0 Å². The average molecular weight is 218 g/mol. The van der Waals surface area contributed by atoms with Crippen molar-refractivity contribution in [3.05, 3.63) is 29.7 Å². The number of hydrogen-bond donors (Lipinski definition) is 1.